The minimum Gasteiger partial charge on any atom is -0.469 e. The van der Waals surface area contributed by atoms with E-state index in [-0.39, 0.29) is 0 Å². The van der Waals surface area contributed by atoms with Crippen LogP contribution in [0.15, 0.2) is 16.7 Å². The van der Waals surface area contributed by atoms with Crippen LogP contribution in [0.5, 0.6) is 0 Å². The molecule has 0 bridgehead atoms. The molecule has 0 aliphatic rings. The minimum atomic E-state index is 0.323. The van der Waals surface area contributed by atoms with Gasteiger partial charge < -0.3 is 14.4 Å². The lowest BCUT2D eigenvalue weighted by Gasteiger charge is -2.15. The minimum absolute atomic E-state index is 0.323. The van der Waals surface area contributed by atoms with Gasteiger partial charge in [0.25, 0.3) is 0 Å². The second kappa shape index (κ2) is 7.47. The first-order valence-corrected chi connectivity index (χ1v) is 6.06. The maximum atomic E-state index is 8.66. The Balaban J connectivity index is 2.11. The third-order valence-corrected chi connectivity index (χ3v) is 2.85. The first-order chi connectivity index (χ1) is 7.74. The number of hydrogen-bond donors (Lipinski definition) is 1. The number of rotatable bonds is 8. The molecule has 0 aliphatic heterocycles. The number of aryl methyl sites for hydroxylation is 1. The van der Waals surface area contributed by atoms with Crippen LogP contribution in [-0.4, -0.2) is 30.2 Å². The van der Waals surface area contributed by atoms with Crippen molar-refractivity contribution in [1.82, 2.24) is 4.90 Å². The molecule has 0 atom stereocenters. The molecule has 0 saturated heterocycles. The Hall–Kier alpha value is -0.800. The summed E-state index contributed by atoms with van der Waals surface area (Å²) in [7, 11) is 2.14. The molecule has 92 valence electrons. The number of aliphatic hydroxyl groups excluding tert-OH is 1. The van der Waals surface area contributed by atoms with Gasteiger partial charge in [0.15, 0.2) is 0 Å². The van der Waals surface area contributed by atoms with Gasteiger partial charge in [-0.2, -0.15) is 0 Å². The summed E-state index contributed by atoms with van der Waals surface area (Å²) in [5.41, 5.74) is 1.28. The van der Waals surface area contributed by atoms with Gasteiger partial charge in [-0.05, 0) is 39.4 Å². The lowest BCUT2D eigenvalue weighted by Crippen LogP contribution is -2.19. The number of unbranched alkanes of at least 4 members (excludes halogenated alkanes) is 3. The molecule has 0 fully saturated rings. The Morgan fingerprint density at radius 1 is 1.25 bits per heavy atom. The Kier molecular flexibility index (Phi) is 6.19. The number of furan rings is 1. The van der Waals surface area contributed by atoms with E-state index >= 15 is 0 Å². The molecule has 0 unspecified atom stereocenters. The molecule has 1 rings (SSSR count). The fraction of sp³-hybridized carbons (Fsp3) is 0.692. The van der Waals surface area contributed by atoms with E-state index in [0.29, 0.717) is 6.61 Å². The summed E-state index contributed by atoms with van der Waals surface area (Å²) < 4.78 is 5.27. The molecule has 0 aromatic carbocycles. The van der Waals surface area contributed by atoms with Gasteiger partial charge in [0.05, 0.1) is 6.26 Å². The molecule has 1 aromatic rings. The van der Waals surface area contributed by atoms with Crippen molar-refractivity contribution < 1.29 is 9.52 Å². The van der Waals surface area contributed by atoms with E-state index in [1.807, 2.05) is 13.0 Å². The first kappa shape index (κ1) is 13.3. The average molecular weight is 225 g/mol. The zero-order valence-corrected chi connectivity index (χ0v) is 10.4. The molecule has 1 N–H and O–H groups in total. The number of aliphatic hydroxyl groups is 1. The summed E-state index contributed by atoms with van der Waals surface area (Å²) in [6.45, 7) is 4.40. The second-order valence-electron chi connectivity index (χ2n) is 4.38. The van der Waals surface area contributed by atoms with Crippen molar-refractivity contribution in [2.45, 2.75) is 39.2 Å². The molecule has 0 amide bonds. The van der Waals surface area contributed by atoms with Crippen molar-refractivity contribution in [3.63, 3.8) is 0 Å². The van der Waals surface area contributed by atoms with Gasteiger partial charge >= 0.3 is 0 Å². The number of hydrogen-bond acceptors (Lipinski definition) is 3. The standard InChI is InChI=1S/C13H23NO2/c1-12-13(7-10-16-12)11-14(2)8-5-3-4-6-9-15/h7,10,15H,3-6,8-9,11H2,1-2H3. The van der Waals surface area contributed by atoms with Crippen LogP contribution >= 0.6 is 0 Å². The van der Waals surface area contributed by atoms with Gasteiger partial charge in [0.1, 0.15) is 5.76 Å². The quantitative estimate of drug-likeness (QED) is 0.691. The number of nitrogens with zero attached hydrogens (tertiary/aromatic N) is 1. The highest BCUT2D eigenvalue weighted by molar-refractivity contribution is 5.14. The van der Waals surface area contributed by atoms with Crippen LogP contribution in [0.3, 0.4) is 0 Å². The largest absolute Gasteiger partial charge is 0.469 e. The van der Waals surface area contributed by atoms with E-state index in [2.05, 4.69) is 11.9 Å². The summed E-state index contributed by atoms with van der Waals surface area (Å²) >= 11 is 0. The second-order valence-corrected chi connectivity index (χ2v) is 4.38. The monoisotopic (exact) mass is 225 g/mol. The van der Waals surface area contributed by atoms with Crippen molar-refractivity contribution in [3.8, 4) is 0 Å². The van der Waals surface area contributed by atoms with Crippen LogP contribution in [0.25, 0.3) is 0 Å². The lowest BCUT2D eigenvalue weighted by molar-refractivity contribution is 0.277. The highest BCUT2D eigenvalue weighted by Crippen LogP contribution is 2.11. The Morgan fingerprint density at radius 2 is 2.00 bits per heavy atom. The van der Waals surface area contributed by atoms with E-state index in [9.17, 15) is 0 Å². The third kappa shape index (κ3) is 4.81. The van der Waals surface area contributed by atoms with Crippen molar-refractivity contribution in [2.24, 2.45) is 0 Å². The van der Waals surface area contributed by atoms with E-state index in [0.717, 1.165) is 31.7 Å². The first-order valence-electron chi connectivity index (χ1n) is 6.06. The summed E-state index contributed by atoms with van der Waals surface area (Å²) in [4.78, 5) is 2.32. The van der Waals surface area contributed by atoms with Gasteiger partial charge in [-0.1, -0.05) is 12.8 Å². The van der Waals surface area contributed by atoms with Crippen LogP contribution < -0.4 is 0 Å². The van der Waals surface area contributed by atoms with Crippen LogP contribution in [0.1, 0.15) is 37.0 Å². The zero-order chi connectivity index (χ0) is 11.8. The lowest BCUT2D eigenvalue weighted by atomic mass is 10.2. The summed E-state index contributed by atoms with van der Waals surface area (Å²) in [6.07, 6.45) is 6.22. The van der Waals surface area contributed by atoms with Gasteiger partial charge in [-0.3, -0.25) is 0 Å². The van der Waals surface area contributed by atoms with E-state index < -0.39 is 0 Å². The average Bonchev–Trinajstić information content (AvgIpc) is 2.64. The van der Waals surface area contributed by atoms with Gasteiger partial charge in [0, 0.05) is 18.7 Å². The molecule has 3 nitrogen and oxygen atoms in total. The van der Waals surface area contributed by atoms with Crippen molar-refractivity contribution in [1.29, 1.82) is 0 Å². The Morgan fingerprint density at radius 3 is 2.62 bits per heavy atom. The van der Waals surface area contributed by atoms with Gasteiger partial charge in [-0.15, -0.1) is 0 Å². The predicted octanol–water partition coefficient (Wildman–Crippen LogP) is 2.57. The normalized spacial score (nSPS) is 11.2. The fourth-order valence-electron chi connectivity index (χ4n) is 1.79. The topological polar surface area (TPSA) is 36.6 Å². The molecule has 0 aliphatic carbocycles. The molecular formula is C13H23NO2. The van der Waals surface area contributed by atoms with Crippen molar-refractivity contribution >= 4 is 0 Å². The van der Waals surface area contributed by atoms with Crippen LogP contribution in [-0.2, 0) is 6.54 Å². The van der Waals surface area contributed by atoms with Gasteiger partial charge in [-0.25, -0.2) is 0 Å². The SMILES string of the molecule is Cc1occc1CN(C)CCCCCCO. The molecule has 0 radical (unpaired) electrons. The van der Waals surface area contributed by atoms with E-state index in [1.165, 1.54) is 18.4 Å². The highest BCUT2D eigenvalue weighted by atomic mass is 16.3. The summed E-state index contributed by atoms with van der Waals surface area (Å²) in [5, 5.41) is 8.66. The third-order valence-electron chi connectivity index (χ3n) is 2.85. The maximum Gasteiger partial charge on any atom is 0.105 e. The fourth-order valence-corrected chi connectivity index (χ4v) is 1.79. The maximum absolute atomic E-state index is 8.66. The molecule has 0 spiro atoms. The zero-order valence-electron chi connectivity index (χ0n) is 10.4. The van der Waals surface area contributed by atoms with Crippen molar-refractivity contribution in [2.75, 3.05) is 20.2 Å². The molecule has 3 heteroatoms. The summed E-state index contributed by atoms with van der Waals surface area (Å²) in [5.74, 6) is 1.02. The molecule has 0 saturated carbocycles. The highest BCUT2D eigenvalue weighted by Gasteiger charge is 2.04. The van der Waals surface area contributed by atoms with E-state index in [1.54, 1.807) is 6.26 Å². The van der Waals surface area contributed by atoms with E-state index in [4.69, 9.17) is 9.52 Å². The van der Waals surface area contributed by atoms with Crippen LogP contribution in [0, 0.1) is 6.92 Å². The van der Waals surface area contributed by atoms with Crippen LogP contribution in [0.2, 0.25) is 0 Å². The molecule has 1 heterocycles. The molecule has 1 aromatic heterocycles. The van der Waals surface area contributed by atoms with Crippen LogP contribution in [0.4, 0.5) is 0 Å². The summed E-state index contributed by atoms with van der Waals surface area (Å²) in [6, 6.07) is 2.04. The molecule has 16 heavy (non-hydrogen) atoms. The smallest absolute Gasteiger partial charge is 0.105 e. The Bertz CT molecular complexity index is 283. The van der Waals surface area contributed by atoms with Gasteiger partial charge in [0.2, 0.25) is 0 Å². The van der Waals surface area contributed by atoms with Crippen molar-refractivity contribution in [3.05, 3.63) is 23.7 Å². The molecular weight excluding hydrogens is 202 g/mol. The Labute approximate surface area is 98.1 Å². The predicted molar refractivity (Wildman–Crippen MR) is 65.3 cm³/mol.